The molecule has 0 bridgehead atoms. The molecule has 1 fully saturated rings. The summed E-state index contributed by atoms with van der Waals surface area (Å²) in [7, 11) is 0. The lowest BCUT2D eigenvalue weighted by Crippen LogP contribution is -2.33. The minimum atomic E-state index is -0.362. The van der Waals surface area contributed by atoms with Gasteiger partial charge in [0, 0.05) is 13.1 Å². The highest BCUT2D eigenvalue weighted by Crippen LogP contribution is 2.39. The van der Waals surface area contributed by atoms with E-state index in [0.717, 1.165) is 58.2 Å². The zero-order valence-electron chi connectivity index (χ0n) is 23.5. The van der Waals surface area contributed by atoms with Crippen LogP contribution in [0, 0.1) is 11.3 Å². The lowest BCUT2D eigenvalue weighted by Gasteiger charge is -2.32. The monoisotopic (exact) mass is 514 g/mol. The largest absolute Gasteiger partial charge is 0.303 e. The molecule has 0 amide bonds. The third kappa shape index (κ3) is 6.26. The van der Waals surface area contributed by atoms with E-state index in [0.29, 0.717) is 0 Å². The molecule has 3 aromatic rings. The highest BCUT2D eigenvalue weighted by Gasteiger charge is 2.32. The molecular weight excluding hydrogens is 472 g/mol. The van der Waals surface area contributed by atoms with Crippen LogP contribution in [0.1, 0.15) is 92.5 Å². The Hall–Kier alpha value is -3.41. The van der Waals surface area contributed by atoms with Crippen LogP contribution in [0.3, 0.4) is 0 Å². The van der Waals surface area contributed by atoms with E-state index in [1.165, 1.54) is 52.7 Å². The fraction of sp³-hybridized carbons (Fsp3) is 0.378. The van der Waals surface area contributed by atoms with Crippen molar-refractivity contribution in [1.82, 2.24) is 4.90 Å². The van der Waals surface area contributed by atoms with Crippen molar-refractivity contribution in [3.8, 4) is 6.07 Å². The maximum atomic E-state index is 10.4. The van der Waals surface area contributed by atoms with Crippen molar-refractivity contribution in [2.75, 3.05) is 19.6 Å². The van der Waals surface area contributed by atoms with Gasteiger partial charge in [0.1, 0.15) is 0 Å². The van der Waals surface area contributed by atoms with E-state index in [1.807, 2.05) is 0 Å². The molecule has 1 aliphatic heterocycles. The summed E-state index contributed by atoms with van der Waals surface area (Å²) < 4.78 is 0. The molecule has 0 saturated carbocycles. The molecule has 39 heavy (non-hydrogen) atoms. The van der Waals surface area contributed by atoms with Crippen molar-refractivity contribution >= 4 is 17.7 Å². The van der Waals surface area contributed by atoms with Crippen LogP contribution < -0.4 is 0 Å². The Morgan fingerprint density at radius 3 is 1.92 bits per heavy atom. The van der Waals surface area contributed by atoms with Crippen molar-refractivity contribution in [2.45, 2.75) is 70.1 Å². The van der Waals surface area contributed by atoms with Gasteiger partial charge in [-0.05, 0) is 72.0 Å². The predicted molar refractivity (Wildman–Crippen MR) is 165 cm³/mol. The Bertz CT molecular complexity index is 1280. The smallest absolute Gasteiger partial charge is 0.0822 e. The standard InChI is InChI=1S/C37H42N2/c1-2-3-4-12-24-37(29-38,33-16-6-5-7-17-33)25-13-26-39-27-22-32(23-28-39)36-34-18-10-8-14-30(34)20-21-31-15-9-11-19-35(31)36/h5-11,14-21H,2-4,12-13,22-28H2,1H3. The number of unbranched alkanes of at least 4 members (excludes halogenated alkanes) is 3. The molecule has 1 heterocycles. The van der Waals surface area contributed by atoms with Crippen LogP contribution in [0.25, 0.3) is 17.7 Å². The van der Waals surface area contributed by atoms with Gasteiger partial charge in [-0.25, -0.2) is 0 Å². The van der Waals surface area contributed by atoms with Gasteiger partial charge >= 0.3 is 0 Å². The molecule has 0 radical (unpaired) electrons. The van der Waals surface area contributed by atoms with Crippen LogP contribution in [0.15, 0.2) is 84.4 Å². The molecule has 200 valence electrons. The molecule has 2 aliphatic rings. The first-order valence-electron chi connectivity index (χ1n) is 15.0. The van der Waals surface area contributed by atoms with E-state index in [-0.39, 0.29) is 5.41 Å². The Morgan fingerprint density at radius 1 is 0.718 bits per heavy atom. The summed E-state index contributed by atoms with van der Waals surface area (Å²) in [6, 6.07) is 31.1. The fourth-order valence-electron chi connectivity index (χ4n) is 6.55. The Labute approximate surface area is 235 Å². The number of piperidine rings is 1. The zero-order valence-corrected chi connectivity index (χ0v) is 23.5. The van der Waals surface area contributed by atoms with Gasteiger partial charge in [0.2, 0.25) is 0 Å². The van der Waals surface area contributed by atoms with Gasteiger partial charge in [0.25, 0.3) is 0 Å². The van der Waals surface area contributed by atoms with E-state index in [1.54, 1.807) is 5.57 Å². The Kier molecular flexibility index (Phi) is 9.12. The summed E-state index contributed by atoms with van der Waals surface area (Å²) in [6.07, 6.45) is 14.6. The number of hydrogen-bond acceptors (Lipinski definition) is 2. The quantitative estimate of drug-likeness (QED) is 0.197. The summed E-state index contributed by atoms with van der Waals surface area (Å²) in [5, 5.41) is 10.4. The van der Waals surface area contributed by atoms with Crippen LogP contribution in [-0.4, -0.2) is 24.5 Å². The summed E-state index contributed by atoms with van der Waals surface area (Å²) >= 11 is 0. The van der Waals surface area contributed by atoms with Crippen molar-refractivity contribution in [1.29, 1.82) is 5.26 Å². The normalized spacial score (nSPS) is 16.6. The van der Waals surface area contributed by atoms with Gasteiger partial charge in [-0.3, -0.25) is 0 Å². The molecule has 2 heteroatoms. The third-order valence-corrected chi connectivity index (χ3v) is 8.79. The first-order valence-corrected chi connectivity index (χ1v) is 15.0. The second kappa shape index (κ2) is 13.1. The van der Waals surface area contributed by atoms with Crippen LogP contribution >= 0.6 is 0 Å². The van der Waals surface area contributed by atoms with Crippen LogP contribution in [0.4, 0.5) is 0 Å². The molecule has 0 spiro atoms. The highest BCUT2D eigenvalue weighted by atomic mass is 15.1. The first-order chi connectivity index (χ1) is 19.2. The maximum Gasteiger partial charge on any atom is 0.0822 e. The Morgan fingerprint density at radius 2 is 1.31 bits per heavy atom. The summed E-state index contributed by atoms with van der Waals surface area (Å²) in [4.78, 5) is 2.63. The van der Waals surface area contributed by atoms with E-state index in [4.69, 9.17) is 0 Å². The maximum absolute atomic E-state index is 10.4. The second-order valence-corrected chi connectivity index (χ2v) is 11.3. The number of fused-ring (bicyclic) bond motifs is 2. The molecule has 0 N–H and O–H groups in total. The van der Waals surface area contributed by atoms with E-state index in [2.05, 4.69) is 109 Å². The van der Waals surface area contributed by atoms with Gasteiger partial charge in [-0.1, -0.05) is 129 Å². The van der Waals surface area contributed by atoms with Gasteiger partial charge in [-0.2, -0.15) is 5.26 Å². The molecule has 1 atom stereocenters. The molecule has 3 aromatic carbocycles. The fourth-order valence-corrected chi connectivity index (χ4v) is 6.55. The average Bonchev–Trinajstić information content (AvgIpc) is 3.16. The SMILES string of the molecule is CCCCCCC(C#N)(CCCN1CCC(=C2c3ccccc3C=Cc3ccccc32)CC1)c1ccccc1. The minimum absolute atomic E-state index is 0.362. The van der Waals surface area contributed by atoms with Crippen molar-refractivity contribution in [2.24, 2.45) is 0 Å². The van der Waals surface area contributed by atoms with Crippen LogP contribution in [0.2, 0.25) is 0 Å². The second-order valence-electron chi connectivity index (χ2n) is 11.3. The molecule has 1 saturated heterocycles. The molecule has 1 unspecified atom stereocenters. The average molecular weight is 515 g/mol. The molecule has 5 rings (SSSR count). The van der Waals surface area contributed by atoms with Crippen molar-refractivity contribution < 1.29 is 0 Å². The van der Waals surface area contributed by atoms with Crippen molar-refractivity contribution in [3.05, 3.63) is 112 Å². The first kappa shape index (κ1) is 27.2. The zero-order chi connectivity index (χ0) is 26.9. The Balaban J connectivity index is 1.27. The van der Waals surface area contributed by atoms with Crippen LogP contribution in [-0.2, 0) is 5.41 Å². The summed E-state index contributed by atoms with van der Waals surface area (Å²) in [5.41, 5.74) is 9.23. The van der Waals surface area contributed by atoms with E-state index in [9.17, 15) is 5.26 Å². The summed E-state index contributed by atoms with van der Waals surface area (Å²) in [6.45, 7) is 5.51. The number of benzene rings is 3. The van der Waals surface area contributed by atoms with Gasteiger partial charge in [0.15, 0.2) is 0 Å². The molecule has 1 aliphatic carbocycles. The van der Waals surface area contributed by atoms with E-state index >= 15 is 0 Å². The van der Waals surface area contributed by atoms with E-state index < -0.39 is 0 Å². The predicted octanol–water partition coefficient (Wildman–Crippen LogP) is 9.28. The number of rotatable bonds is 10. The number of nitriles is 1. The molecule has 0 aromatic heterocycles. The third-order valence-electron chi connectivity index (χ3n) is 8.79. The van der Waals surface area contributed by atoms with Gasteiger partial charge < -0.3 is 4.90 Å². The number of hydrogen-bond donors (Lipinski definition) is 0. The molecular formula is C37H42N2. The van der Waals surface area contributed by atoms with Crippen molar-refractivity contribution in [3.63, 3.8) is 0 Å². The van der Waals surface area contributed by atoms with Gasteiger partial charge in [-0.15, -0.1) is 0 Å². The molecule has 2 nitrogen and oxygen atoms in total. The lowest BCUT2D eigenvalue weighted by molar-refractivity contribution is 0.243. The lowest BCUT2D eigenvalue weighted by atomic mass is 9.74. The van der Waals surface area contributed by atoms with Crippen LogP contribution in [0.5, 0.6) is 0 Å². The highest BCUT2D eigenvalue weighted by molar-refractivity contribution is 5.94. The van der Waals surface area contributed by atoms with Gasteiger partial charge in [0.05, 0.1) is 11.5 Å². The number of likely N-dealkylation sites (tertiary alicyclic amines) is 1. The number of nitrogens with zero attached hydrogens (tertiary/aromatic N) is 2. The minimum Gasteiger partial charge on any atom is -0.303 e. The summed E-state index contributed by atoms with van der Waals surface area (Å²) in [5.74, 6) is 0. The topological polar surface area (TPSA) is 27.0 Å².